The molecule has 0 amide bonds. The van der Waals surface area contributed by atoms with E-state index in [4.69, 9.17) is 14.2 Å². The normalized spacial score (nSPS) is 13.7. The standard InChI is InChI=1S/C53H103NO6/c1-11-15-19-21-27-36-46(34-25-17-13-3)44-58-50(56)52(5,6)41-31-23-29-38-48(60-49(55)40-33-43-54(9)10)39-30-24-32-42-53(7,8)51(57)59-45-47(35-26-18-14-4)37-28-22-20-16-12-2/h46-48H,11-45H2,1-10H3. The van der Waals surface area contributed by atoms with E-state index in [-0.39, 0.29) is 24.0 Å². The lowest BCUT2D eigenvalue weighted by atomic mass is 9.86. The second-order valence-corrected chi connectivity index (χ2v) is 20.3. The second-order valence-electron chi connectivity index (χ2n) is 20.3. The number of ether oxygens (including phenoxy) is 3. The number of unbranched alkanes of at least 4 members (excludes halogenated alkanes) is 16. The average molecular weight is 850 g/mol. The third-order valence-electron chi connectivity index (χ3n) is 12.8. The van der Waals surface area contributed by atoms with Crippen LogP contribution in [0, 0.1) is 22.7 Å². The lowest BCUT2D eigenvalue weighted by Gasteiger charge is -2.25. The zero-order valence-corrected chi connectivity index (χ0v) is 41.9. The minimum atomic E-state index is -0.502. The summed E-state index contributed by atoms with van der Waals surface area (Å²) in [6, 6.07) is 0. The maximum Gasteiger partial charge on any atom is 0.311 e. The molecule has 7 nitrogen and oxygen atoms in total. The number of esters is 3. The van der Waals surface area contributed by atoms with Crippen molar-refractivity contribution in [3.8, 4) is 0 Å². The van der Waals surface area contributed by atoms with E-state index in [2.05, 4.69) is 32.6 Å². The minimum absolute atomic E-state index is 0.0604. The average Bonchev–Trinajstić information content (AvgIpc) is 3.20. The Bertz CT molecular complexity index is 959. The Labute approximate surface area is 373 Å². The third-order valence-corrected chi connectivity index (χ3v) is 12.8. The van der Waals surface area contributed by atoms with Crippen LogP contribution in [0.2, 0.25) is 0 Å². The van der Waals surface area contributed by atoms with Crippen LogP contribution in [0.15, 0.2) is 0 Å². The van der Waals surface area contributed by atoms with Crippen LogP contribution in [-0.4, -0.2) is 62.8 Å². The van der Waals surface area contributed by atoms with Gasteiger partial charge in [-0.05, 0) is 131 Å². The molecule has 2 atom stereocenters. The highest BCUT2D eigenvalue weighted by Gasteiger charge is 2.31. The molecule has 356 valence electrons. The quantitative estimate of drug-likeness (QED) is 0.0343. The van der Waals surface area contributed by atoms with E-state index in [0.717, 1.165) is 103 Å². The van der Waals surface area contributed by atoms with E-state index in [9.17, 15) is 14.4 Å². The van der Waals surface area contributed by atoms with Crippen molar-refractivity contribution in [1.82, 2.24) is 4.90 Å². The molecule has 0 aliphatic rings. The van der Waals surface area contributed by atoms with Gasteiger partial charge in [0, 0.05) is 6.42 Å². The van der Waals surface area contributed by atoms with Gasteiger partial charge in [-0.1, -0.05) is 156 Å². The Morgan fingerprint density at radius 2 is 0.783 bits per heavy atom. The highest BCUT2D eigenvalue weighted by Crippen LogP contribution is 2.30. The van der Waals surface area contributed by atoms with Gasteiger partial charge < -0.3 is 19.1 Å². The van der Waals surface area contributed by atoms with Crippen LogP contribution in [-0.2, 0) is 28.6 Å². The largest absolute Gasteiger partial charge is 0.465 e. The zero-order valence-electron chi connectivity index (χ0n) is 41.9. The summed E-state index contributed by atoms with van der Waals surface area (Å²) in [5.41, 5.74) is -1.00. The first-order chi connectivity index (χ1) is 28.7. The van der Waals surface area contributed by atoms with Crippen LogP contribution in [0.4, 0.5) is 0 Å². The number of hydrogen-bond donors (Lipinski definition) is 0. The summed E-state index contributed by atoms with van der Waals surface area (Å²) in [6.07, 6.45) is 35.1. The fourth-order valence-electron chi connectivity index (χ4n) is 8.32. The molecule has 0 N–H and O–H groups in total. The van der Waals surface area contributed by atoms with E-state index in [0.29, 0.717) is 31.5 Å². The van der Waals surface area contributed by atoms with E-state index in [1.165, 1.54) is 103 Å². The molecule has 0 aromatic heterocycles. The van der Waals surface area contributed by atoms with Crippen molar-refractivity contribution >= 4 is 17.9 Å². The lowest BCUT2D eigenvalue weighted by molar-refractivity contribution is -0.156. The van der Waals surface area contributed by atoms with Gasteiger partial charge >= 0.3 is 17.9 Å². The molecule has 0 aliphatic heterocycles. The van der Waals surface area contributed by atoms with E-state index in [1.54, 1.807) is 0 Å². The summed E-state index contributed by atoms with van der Waals surface area (Å²) in [5.74, 6) is 0.726. The summed E-state index contributed by atoms with van der Waals surface area (Å²) in [4.78, 5) is 41.5. The molecule has 0 spiro atoms. The van der Waals surface area contributed by atoms with E-state index in [1.807, 2.05) is 41.8 Å². The summed E-state index contributed by atoms with van der Waals surface area (Å²) in [7, 11) is 4.06. The number of rotatable bonds is 43. The number of hydrogen-bond acceptors (Lipinski definition) is 7. The van der Waals surface area contributed by atoms with Crippen LogP contribution in [0.5, 0.6) is 0 Å². The number of nitrogens with zero attached hydrogens (tertiary/aromatic N) is 1. The van der Waals surface area contributed by atoms with Crippen LogP contribution in [0.25, 0.3) is 0 Å². The summed E-state index contributed by atoms with van der Waals surface area (Å²) >= 11 is 0. The molecule has 0 heterocycles. The fraction of sp³-hybridized carbons (Fsp3) is 0.943. The van der Waals surface area contributed by atoms with Crippen molar-refractivity contribution in [3.05, 3.63) is 0 Å². The number of carbonyl (C=O) groups is 3. The van der Waals surface area contributed by atoms with E-state index >= 15 is 0 Å². The van der Waals surface area contributed by atoms with Gasteiger partial charge in [0.15, 0.2) is 0 Å². The van der Waals surface area contributed by atoms with Gasteiger partial charge in [-0.25, -0.2) is 0 Å². The van der Waals surface area contributed by atoms with Crippen LogP contribution in [0.1, 0.15) is 261 Å². The Balaban J connectivity index is 4.95. The van der Waals surface area contributed by atoms with Crippen molar-refractivity contribution < 1.29 is 28.6 Å². The molecule has 0 aromatic rings. The number of carbonyl (C=O) groups excluding carboxylic acids is 3. The maximum atomic E-state index is 13.3. The molecule has 0 aliphatic carbocycles. The molecule has 0 saturated carbocycles. The Morgan fingerprint density at radius 1 is 0.450 bits per heavy atom. The SMILES string of the molecule is CCCCCCCC(CCCCC)COC(=O)C(C)(C)CCCCCC(CCCCCC(C)(C)C(=O)OCC(CCCCC)CCCCCCC)OC(=O)CCCN(C)C. The summed E-state index contributed by atoms with van der Waals surface area (Å²) in [5, 5.41) is 0. The van der Waals surface area contributed by atoms with Crippen molar-refractivity contribution in [2.24, 2.45) is 22.7 Å². The molecule has 0 rings (SSSR count). The second kappa shape index (κ2) is 37.9. The van der Waals surface area contributed by atoms with Crippen molar-refractivity contribution in [2.75, 3.05) is 33.9 Å². The van der Waals surface area contributed by atoms with Crippen LogP contribution < -0.4 is 0 Å². The van der Waals surface area contributed by atoms with Crippen molar-refractivity contribution in [3.63, 3.8) is 0 Å². The maximum absolute atomic E-state index is 13.3. The molecule has 0 radical (unpaired) electrons. The van der Waals surface area contributed by atoms with E-state index < -0.39 is 10.8 Å². The van der Waals surface area contributed by atoms with Gasteiger partial charge in [-0.3, -0.25) is 14.4 Å². The first-order valence-corrected chi connectivity index (χ1v) is 25.9. The third kappa shape index (κ3) is 33.0. The predicted molar refractivity (Wildman–Crippen MR) is 255 cm³/mol. The Kier molecular flexibility index (Phi) is 36.9. The first-order valence-electron chi connectivity index (χ1n) is 25.9. The van der Waals surface area contributed by atoms with Gasteiger partial charge in [0.05, 0.1) is 24.0 Å². The molecule has 7 heteroatoms. The molecule has 0 saturated heterocycles. The molecule has 0 bridgehead atoms. The highest BCUT2D eigenvalue weighted by atomic mass is 16.5. The Morgan fingerprint density at radius 3 is 1.17 bits per heavy atom. The monoisotopic (exact) mass is 850 g/mol. The van der Waals surface area contributed by atoms with Gasteiger partial charge in [-0.2, -0.15) is 0 Å². The fourth-order valence-corrected chi connectivity index (χ4v) is 8.32. The molecule has 2 unspecified atom stereocenters. The topological polar surface area (TPSA) is 82.1 Å². The van der Waals surface area contributed by atoms with Crippen LogP contribution in [0.3, 0.4) is 0 Å². The summed E-state index contributed by atoms with van der Waals surface area (Å²) in [6.45, 7) is 19.1. The molecular formula is C53H103NO6. The van der Waals surface area contributed by atoms with Crippen LogP contribution >= 0.6 is 0 Å². The van der Waals surface area contributed by atoms with Crippen molar-refractivity contribution in [2.45, 2.75) is 267 Å². The lowest BCUT2D eigenvalue weighted by Crippen LogP contribution is -2.28. The molecule has 60 heavy (non-hydrogen) atoms. The Hall–Kier alpha value is -1.63. The highest BCUT2D eigenvalue weighted by molar-refractivity contribution is 5.76. The zero-order chi connectivity index (χ0) is 44.9. The minimum Gasteiger partial charge on any atom is -0.465 e. The molecule has 0 fully saturated rings. The molecular weight excluding hydrogens is 747 g/mol. The van der Waals surface area contributed by atoms with Gasteiger partial charge in [0.2, 0.25) is 0 Å². The smallest absolute Gasteiger partial charge is 0.311 e. The molecule has 0 aromatic carbocycles. The van der Waals surface area contributed by atoms with Gasteiger partial charge in [-0.15, -0.1) is 0 Å². The van der Waals surface area contributed by atoms with Crippen molar-refractivity contribution in [1.29, 1.82) is 0 Å². The first kappa shape index (κ1) is 58.4. The predicted octanol–water partition coefficient (Wildman–Crippen LogP) is 15.4. The summed E-state index contributed by atoms with van der Waals surface area (Å²) < 4.78 is 18.1. The van der Waals surface area contributed by atoms with Gasteiger partial charge in [0.1, 0.15) is 6.10 Å². The van der Waals surface area contributed by atoms with Gasteiger partial charge in [0.25, 0.3) is 0 Å².